The van der Waals surface area contributed by atoms with Crippen LogP contribution in [0.1, 0.15) is 60.5 Å². The second kappa shape index (κ2) is 9.97. The maximum absolute atomic E-state index is 13.3. The number of rotatable bonds is 6. The molecule has 1 fully saturated rings. The van der Waals surface area contributed by atoms with Crippen molar-refractivity contribution in [3.63, 3.8) is 0 Å². The van der Waals surface area contributed by atoms with E-state index in [-0.39, 0.29) is 17.7 Å². The number of carbonyl (C=O) groups excluding carboxylic acids is 2. The van der Waals surface area contributed by atoms with Crippen LogP contribution in [0.4, 0.5) is 5.82 Å². The molecule has 174 valence electrons. The summed E-state index contributed by atoms with van der Waals surface area (Å²) in [5.41, 5.74) is 2.86. The van der Waals surface area contributed by atoms with E-state index in [4.69, 9.17) is 4.52 Å². The lowest BCUT2D eigenvalue weighted by molar-refractivity contribution is -0.119. The molecule has 1 saturated carbocycles. The Hall–Kier alpha value is -3.49. The van der Waals surface area contributed by atoms with E-state index in [1.807, 2.05) is 19.9 Å². The van der Waals surface area contributed by atoms with Gasteiger partial charge in [-0.05, 0) is 50.8 Å². The van der Waals surface area contributed by atoms with Gasteiger partial charge in [0.2, 0.25) is 5.91 Å². The summed E-state index contributed by atoms with van der Waals surface area (Å²) in [5.74, 6) is 0.616. The van der Waals surface area contributed by atoms with E-state index in [0.717, 1.165) is 61.1 Å². The summed E-state index contributed by atoms with van der Waals surface area (Å²) < 4.78 is 6.80. The molecule has 0 bridgehead atoms. The summed E-state index contributed by atoms with van der Waals surface area (Å²) in [5, 5.41) is 14.0. The summed E-state index contributed by atoms with van der Waals surface area (Å²) >= 11 is 0. The molecule has 1 atom stereocenters. The number of pyridine rings is 1. The lowest BCUT2D eigenvalue weighted by Crippen LogP contribution is -2.48. The molecule has 1 aliphatic carbocycles. The number of nitrogens with one attached hydrogen (secondary N) is 2. The topological polar surface area (TPSA) is 115 Å². The number of hydrogen-bond acceptors (Lipinski definition) is 6. The normalized spacial score (nSPS) is 15.6. The van der Waals surface area contributed by atoms with Crippen molar-refractivity contribution in [2.45, 2.75) is 58.4 Å². The first-order valence-electron chi connectivity index (χ1n) is 11.4. The van der Waals surface area contributed by atoms with Gasteiger partial charge in [-0.1, -0.05) is 30.8 Å². The number of aryl methyl sites for hydroxylation is 3. The van der Waals surface area contributed by atoms with Crippen molar-refractivity contribution >= 4 is 17.6 Å². The number of aromatic nitrogens is 4. The average molecular weight is 451 g/mol. The molecule has 2 amide bonds. The van der Waals surface area contributed by atoms with Gasteiger partial charge in [0.25, 0.3) is 5.91 Å². The molecule has 3 aromatic heterocycles. The van der Waals surface area contributed by atoms with Gasteiger partial charge in [-0.3, -0.25) is 14.3 Å². The Labute approximate surface area is 192 Å². The smallest absolute Gasteiger partial charge is 0.272 e. The molecule has 0 aliphatic heterocycles. The Kier molecular flexibility index (Phi) is 6.86. The van der Waals surface area contributed by atoms with Crippen molar-refractivity contribution in [3.8, 4) is 11.1 Å². The number of carbonyl (C=O) groups is 2. The van der Waals surface area contributed by atoms with Crippen molar-refractivity contribution in [3.05, 3.63) is 47.7 Å². The van der Waals surface area contributed by atoms with E-state index >= 15 is 0 Å². The third-order valence-electron chi connectivity index (χ3n) is 6.22. The minimum Gasteiger partial charge on any atom is -0.361 e. The molecule has 2 N–H and O–H groups in total. The second-order valence-electron chi connectivity index (χ2n) is 8.70. The molecule has 1 aliphatic rings. The van der Waals surface area contributed by atoms with Crippen molar-refractivity contribution < 1.29 is 14.1 Å². The van der Waals surface area contributed by atoms with Crippen LogP contribution in [0, 0.1) is 19.8 Å². The maximum Gasteiger partial charge on any atom is 0.272 e. The third kappa shape index (κ3) is 5.30. The van der Waals surface area contributed by atoms with Crippen LogP contribution in [0.5, 0.6) is 0 Å². The quantitative estimate of drug-likeness (QED) is 0.552. The van der Waals surface area contributed by atoms with E-state index < -0.39 is 6.04 Å². The lowest BCUT2D eigenvalue weighted by atomic mass is 9.91. The fraction of sp³-hybridized carbons (Fsp3) is 0.458. The molecule has 3 aromatic rings. The van der Waals surface area contributed by atoms with E-state index in [2.05, 4.69) is 25.9 Å². The van der Waals surface area contributed by atoms with Crippen LogP contribution >= 0.6 is 0 Å². The highest BCUT2D eigenvalue weighted by atomic mass is 16.5. The molecule has 9 nitrogen and oxygen atoms in total. The molecule has 33 heavy (non-hydrogen) atoms. The fourth-order valence-corrected chi connectivity index (χ4v) is 4.51. The minimum absolute atomic E-state index is 0.0711. The zero-order valence-electron chi connectivity index (χ0n) is 19.3. The van der Waals surface area contributed by atoms with Gasteiger partial charge in [0.15, 0.2) is 0 Å². The first kappa shape index (κ1) is 22.7. The predicted octanol–water partition coefficient (Wildman–Crippen LogP) is 3.79. The van der Waals surface area contributed by atoms with Gasteiger partial charge in [-0.15, -0.1) is 0 Å². The average Bonchev–Trinajstić information content (AvgIpc) is 3.26. The summed E-state index contributed by atoms with van der Waals surface area (Å²) in [4.78, 5) is 30.5. The van der Waals surface area contributed by atoms with Crippen molar-refractivity contribution in [2.75, 3.05) is 5.32 Å². The highest BCUT2D eigenvalue weighted by Gasteiger charge is 2.31. The van der Waals surface area contributed by atoms with Crippen LogP contribution in [0.25, 0.3) is 11.1 Å². The van der Waals surface area contributed by atoms with Crippen molar-refractivity contribution in [1.29, 1.82) is 0 Å². The Balaban J connectivity index is 1.51. The summed E-state index contributed by atoms with van der Waals surface area (Å²) in [6.45, 7) is 3.73. The number of anilines is 1. The Bertz CT molecular complexity index is 1090. The number of nitrogens with zero attached hydrogens (tertiary/aromatic N) is 4. The van der Waals surface area contributed by atoms with Gasteiger partial charge in [-0.2, -0.15) is 5.10 Å². The van der Waals surface area contributed by atoms with Gasteiger partial charge in [0, 0.05) is 30.6 Å². The van der Waals surface area contributed by atoms with Crippen molar-refractivity contribution in [1.82, 2.24) is 25.2 Å². The molecule has 0 spiro atoms. The van der Waals surface area contributed by atoms with E-state index in [1.165, 1.54) is 0 Å². The Morgan fingerprint density at radius 3 is 2.45 bits per heavy atom. The Morgan fingerprint density at radius 1 is 1.12 bits per heavy atom. The van der Waals surface area contributed by atoms with Crippen LogP contribution in [-0.2, 0) is 11.8 Å². The first-order valence-corrected chi connectivity index (χ1v) is 11.4. The van der Waals surface area contributed by atoms with Gasteiger partial charge in [0.1, 0.15) is 23.3 Å². The standard InChI is InChI=1S/C24H30N6O3/c1-15-21(16(2)33-29-15)18-10-11-20(25-14-18)26-24(32)22(17-8-6-4-5-7-9-17)27-23(31)19-12-13-30(3)28-19/h10-14,17,22H,4-9H2,1-3H3,(H,27,31)(H,25,26,32)/t22-/m0/s1. The molecule has 0 unspecified atom stereocenters. The number of hydrogen-bond donors (Lipinski definition) is 2. The highest BCUT2D eigenvalue weighted by molar-refractivity contribution is 6.00. The molecular formula is C24H30N6O3. The van der Waals surface area contributed by atoms with Crippen molar-refractivity contribution in [2.24, 2.45) is 13.0 Å². The van der Waals surface area contributed by atoms with Crippen LogP contribution in [0.2, 0.25) is 0 Å². The van der Waals surface area contributed by atoms with E-state index in [0.29, 0.717) is 11.5 Å². The number of amides is 2. The monoisotopic (exact) mass is 450 g/mol. The van der Waals surface area contributed by atoms with Crippen LogP contribution < -0.4 is 10.6 Å². The van der Waals surface area contributed by atoms with Gasteiger partial charge < -0.3 is 15.2 Å². The SMILES string of the molecule is Cc1noc(C)c1-c1ccc(NC(=O)[C@@H](NC(=O)c2ccn(C)n2)C2CCCCCC2)nc1. The van der Waals surface area contributed by atoms with Gasteiger partial charge >= 0.3 is 0 Å². The highest BCUT2D eigenvalue weighted by Crippen LogP contribution is 2.28. The van der Waals surface area contributed by atoms with E-state index in [1.54, 1.807) is 36.3 Å². The second-order valence-corrected chi connectivity index (χ2v) is 8.70. The summed E-state index contributed by atoms with van der Waals surface area (Å²) in [6.07, 6.45) is 9.62. The molecule has 0 aromatic carbocycles. The largest absolute Gasteiger partial charge is 0.361 e. The molecule has 0 saturated heterocycles. The molecule has 9 heteroatoms. The molecular weight excluding hydrogens is 420 g/mol. The predicted molar refractivity (Wildman–Crippen MR) is 123 cm³/mol. The third-order valence-corrected chi connectivity index (χ3v) is 6.22. The molecule has 4 rings (SSSR count). The zero-order chi connectivity index (χ0) is 23.4. The zero-order valence-corrected chi connectivity index (χ0v) is 19.3. The maximum atomic E-state index is 13.3. The van der Waals surface area contributed by atoms with Crippen LogP contribution in [0.3, 0.4) is 0 Å². The van der Waals surface area contributed by atoms with E-state index in [9.17, 15) is 9.59 Å². The van der Waals surface area contributed by atoms with Gasteiger partial charge in [0.05, 0.1) is 5.69 Å². The molecule has 0 radical (unpaired) electrons. The Morgan fingerprint density at radius 2 is 1.88 bits per heavy atom. The summed E-state index contributed by atoms with van der Waals surface area (Å²) in [7, 11) is 1.75. The minimum atomic E-state index is -0.651. The fourth-order valence-electron chi connectivity index (χ4n) is 4.51. The van der Waals surface area contributed by atoms with Crippen LogP contribution in [-0.4, -0.2) is 37.8 Å². The molecule has 3 heterocycles. The van der Waals surface area contributed by atoms with Crippen LogP contribution in [0.15, 0.2) is 35.1 Å². The lowest BCUT2D eigenvalue weighted by Gasteiger charge is -2.26. The summed E-state index contributed by atoms with van der Waals surface area (Å²) in [6, 6.07) is 4.63. The van der Waals surface area contributed by atoms with Gasteiger partial charge in [-0.25, -0.2) is 4.98 Å². The first-order chi connectivity index (χ1) is 15.9.